The number of amides is 1. The molecule has 2 fully saturated rings. The summed E-state index contributed by atoms with van der Waals surface area (Å²) in [6.07, 6.45) is 4.18. The van der Waals surface area contributed by atoms with Crippen LogP contribution in [-0.2, 0) is 14.9 Å². The molecule has 14 heteroatoms. The predicted molar refractivity (Wildman–Crippen MR) is 168 cm³/mol. The van der Waals surface area contributed by atoms with E-state index in [1.807, 2.05) is 26.8 Å². The first kappa shape index (κ1) is 32.2. The highest BCUT2D eigenvalue weighted by Crippen LogP contribution is 2.42. The average Bonchev–Trinajstić information content (AvgIpc) is 3.40. The number of nitriles is 1. The van der Waals surface area contributed by atoms with Crippen molar-refractivity contribution < 1.29 is 27.1 Å². The molecule has 1 amide bonds. The number of benzene rings is 2. The smallest absolute Gasteiger partial charge is 0.410 e. The highest BCUT2D eigenvalue weighted by molar-refractivity contribution is 7.90. The van der Waals surface area contributed by atoms with Crippen molar-refractivity contribution in [1.29, 1.82) is 5.26 Å². The van der Waals surface area contributed by atoms with Gasteiger partial charge in [0, 0.05) is 45.8 Å². The van der Waals surface area contributed by atoms with Gasteiger partial charge in [-0.25, -0.2) is 14.2 Å². The van der Waals surface area contributed by atoms with E-state index in [1.54, 1.807) is 36.2 Å². The van der Waals surface area contributed by atoms with Crippen LogP contribution in [0.25, 0.3) is 11.0 Å². The molecule has 0 atom stereocenters. The van der Waals surface area contributed by atoms with Crippen LogP contribution in [0.3, 0.4) is 0 Å². The fourth-order valence-corrected chi connectivity index (χ4v) is 6.53. The second-order valence-electron chi connectivity index (χ2n) is 12.6. The Bertz CT molecular complexity index is 1750. The van der Waals surface area contributed by atoms with Crippen molar-refractivity contribution >= 4 is 38.8 Å². The average molecular weight is 640 g/mol. The maximum Gasteiger partial charge on any atom is 0.410 e. The van der Waals surface area contributed by atoms with Crippen LogP contribution >= 0.6 is 0 Å². The van der Waals surface area contributed by atoms with Gasteiger partial charge in [-0.3, -0.25) is 9.71 Å². The highest BCUT2D eigenvalue weighted by atomic mass is 32.2. The number of anilines is 2. The number of halogens is 1. The van der Waals surface area contributed by atoms with Crippen LogP contribution in [-0.4, -0.2) is 79.1 Å². The van der Waals surface area contributed by atoms with Gasteiger partial charge in [0.05, 0.1) is 22.9 Å². The largest absolute Gasteiger partial charge is 0.453 e. The van der Waals surface area contributed by atoms with Crippen LogP contribution in [0.5, 0.6) is 11.5 Å². The van der Waals surface area contributed by atoms with Crippen molar-refractivity contribution in [3.63, 3.8) is 0 Å². The lowest BCUT2D eigenvalue weighted by Crippen LogP contribution is -2.46. The number of aromatic nitrogens is 2. The number of hydrogen-bond donors (Lipinski definition) is 1. The molecule has 3 heterocycles. The maximum atomic E-state index is 14.9. The second-order valence-corrected chi connectivity index (χ2v) is 14.3. The summed E-state index contributed by atoms with van der Waals surface area (Å²) in [6.45, 7) is 10.3. The lowest BCUT2D eigenvalue weighted by atomic mass is 9.78. The zero-order chi connectivity index (χ0) is 32.6. The van der Waals surface area contributed by atoms with Crippen LogP contribution in [0, 0.1) is 22.6 Å². The Morgan fingerprint density at radius 1 is 1.16 bits per heavy atom. The van der Waals surface area contributed by atoms with Crippen molar-refractivity contribution in [2.45, 2.75) is 52.6 Å². The molecule has 45 heavy (non-hydrogen) atoms. The molecule has 0 aliphatic carbocycles. The molecule has 1 N–H and O–H groups in total. The maximum absolute atomic E-state index is 14.9. The Morgan fingerprint density at radius 2 is 1.87 bits per heavy atom. The van der Waals surface area contributed by atoms with Gasteiger partial charge < -0.3 is 19.3 Å². The van der Waals surface area contributed by atoms with E-state index in [-0.39, 0.29) is 35.1 Å². The number of hydrogen-bond acceptors (Lipinski definition) is 9. The fourth-order valence-electron chi connectivity index (χ4n) is 5.58. The van der Waals surface area contributed by atoms with E-state index in [2.05, 4.69) is 14.6 Å². The lowest BCUT2D eigenvalue weighted by Gasteiger charge is -2.39. The molecular formula is C31H38FN7O5S. The number of rotatable bonds is 7. The van der Waals surface area contributed by atoms with Crippen molar-refractivity contribution in [1.82, 2.24) is 19.2 Å². The quantitative estimate of drug-likeness (QED) is 0.366. The Balaban J connectivity index is 1.32. The first-order valence-corrected chi connectivity index (χ1v) is 16.3. The van der Waals surface area contributed by atoms with Gasteiger partial charge in [0.25, 0.3) is 0 Å². The Hall–Kier alpha value is -4.22. The molecule has 2 aliphatic rings. The summed E-state index contributed by atoms with van der Waals surface area (Å²) in [5.41, 5.74) is 0.281. The molecule has 5 rings (SSSR count). The van der Waals surface area contributed by atoms with E-state index < -0.39 is 27.4 Å². The molecule has 0 unspecified atom stereocenters. The summed E-state index contributed by atoms with van der Waals surface area (Å²) in [5, 5.41) is 9.82. The molecule has 0 radical (unpaired) electrons. The van der Waals surface area contributed by atoms with Crippen LogP contribution in [0.4, 0.5) is 20.7 Å². The highest BCUT2D eigenvalue weighted by Gasteiger charge is 2.42. The Morgan fingerprint density at radius 3 is 2.53 bits per heavy atom. The third kappa shape index (κ3) is 7.04. The Kier molecular flexibility index (Phi) is 8.79. The molecule has 12 nitrogen and oxygen atoms in total. The number of nitrogens with zero attached hydrogens (tertiary/aromatic N) is 6. The molecule has 0 saturated carbocycles. The molecule has 2 aliphatic heterocycles. The number of likely N-dealkylation sites (tertiary alicyclic amines) is 1. The number of ether oxygens (including phenoxy) is 2. The van der Waals surface area contributed by atoms with E-state index in [0.717, 1.165) is 42.7 Å². The first-order chi connectivity index (χ1) is 21.2. The van der Waals surface area contributed by atoms with Gasteiger partial charge in [-0.2, -0.15) is 18.0 Å². The normalized spacial score (nSPS) is 16.7. The van der Waals surface area contributed by atoms with E-state index >= 15 is 0 Å². The minimum Gasteiger partial charge on any atom is -0.453 e. The molecule has 1 aromatic heterocycles. The van der Waals surface area contributed by atoms with Gasteiger partial charge in [-0.05, 0) is 69.7 Å². The molecule has 2 saturated heterocycles. The minimum atomic E-state index is -3.96. The Labute approximate surface area is 262 Å². The van der Waals surface area contributed by atoms with E-state index in [4.69, 9.17) is 14.5 Å². The van der Waals surface area contributed by atoms with Crippen molar-refractivity contribution in [2.75, 3.05) is 49.4 Å². The number of carbonyl (C=O) groups excluding carboxylic acids is 1. The van der Waals surface area contributed by atoms with E-state index in [9.17, 15) is 22.9 Å². The molecule has 1 spiro atoms. The van der Waals surface area contributed by atoms with Crippen molar-refractivity contribution in [2.24, 2.45) is 5.41 Å². The minimum absolute atomic E-state index is 0.0732. The number of nitrogens with one attached hydrogen (secondary N) is 1. The van der Waals surface area contributed by atoms with Crippen LogP contribution < -0.4 is 14.4 Å². The number of carbonyl (C=O) groups is 1. The predicted octanol–water partition coefficient (Wildman–Crippen LogP) is 5.27. The zero-order valence-electron chi connectivity index (χ0n) is 26.1. The monoisotopic (exact) mass is 639 g/mol. The summed E-state index contributed by atoms with van der Waals surface area (Å²) in [4.78, 5) is 25.9. The van der Waals surface area contributed by atoms with Crippen LogP contribution in [0.1, 0.15) is 52.5 Å². The van der Waals surface area contributed by atoms with Crippen LogP contribution in [0.15, 0.2) is 36.5 Å². The lowest BCUT2D eigenvalue weighted by molar-refractivity contribution is 0.0122. The molecule has 240 valence electrons. The van der Waals surface area contributed by atoms with Gasteiger partial charge in [0.15, 0.2) is 11.6 Å². The molecule has 2 aromatic carbocycles. The van der Waals surface area contributed by atoms with Gasteiger partial charge in [0.2, 0.25) is 0 Å². The summed E-state index contributed by atoms with van der Waals surface area (Å²) in [5.74, 6) is -0.313. The van der Waals surface area contributed by atoms with E-state index in [0.29, 0.717) is 29.9 Å². The van der Waals surface area contributed by atoms with E-state index in [1.165, 1.54) is 13.1 Å². The standard InChI is InChI=1S/C31H38FN7O5S/c1-6-37(5)45(41,42)36-24-10-8-23(32)28(22(24)18-33)43-21-7-9-25-26(17-21)35-27(19-34-25)39-16-13-31(20-39)11-14-38(15-12-31)29(40)44-30(2,3)4/h7-10,17,19,36H,6,11-16,20H2,1-5H3. The molecule has 0 bridgehead atoms. The third-order valence-electron chi connectivity index (χ3n) is 8.28. The van der Waals surface area contributed by atoms with Crippen molar-refractivity contribution in [3.8, 4) is 17.6 Å². The van der Waals surface area contributed by atoms with Gasteiger partial charge in [-0.15, -0.1) is 0 Å². The topological polar surface area (TPSA) is 141 Å². The summed E-state index contributed by atoms with van der Waals surface area (Å²) < 4.78 is 54.8. The molecular weight excluding hydrogens is 601 g/mol. The third-order valence-corrected chi connectivity index (χ3v) is 9.83. The zero-order valence-corrected chi connectivity index (χ0v) is 26.9. The van der Waals surface area contributed by atoms with Gasteiger partial charge in [-0.1, -0.05) is 6.92 Å². The summed E-state index contributed by atoms with van der Waals surface area (Å²) >= 11 is 0. The van der Waals surface area contributed by atoms with Crippen molar-refractivity contribution in [3.05, 3.63) is 47.9 Å². The number of fused-ring (bicyclic) bond motifs is 1. The SMILES string of the molecule is CCN(C)S(=O)(=O)Nc1ccc(F)c(Oc2ccc3ncc(N4CCC5(CCN(C(=O)OC(C)(C)C)CC5)C4)nc3c2)c1C#N. The van der Waals surface area contributed by atoms with Gasteiger partial charge >= 0.3 is 16.3 Å². The summed E-state index contributed by atoms with van der Waals surface area (Å²) in [7, 11) is -2.57. The van der Waals surface area contributed by atoms with Gasteiger partial charge in [0.1, 0.15) is 28.8 Å². The van der Waals surface area contributed by atoms with Crippen LogP contribution in [0.2, 0.25) is 0 Å². The summed E-state index contributed by atoms with van der Waals surface area (Å²) in [6, 6.07) is 8.97. The fraction of sp³-hybridized carbons (Fsp3) is 0.484. The number of piperidine rings is 1. The molecule has 3 aromatic rings. The second kappa shape index (κ2) is 12.3. The first-order valence-electron chi connectivity index (χ1n) is 14.9.